The van der Waals surface area contributed by atoms with E-state index in [4.69, 9.17) is 32.8 Å². The molecule has 0 spiro atoms. The molecule has 8 rings (SSSR count). The van der Waals surface area contributed by atoms with Crippen LogP contribution in [0.1, 0.15) is 22.3 Å². The molecule has 0 radical (unpaired) electrons. The van der Waals surface area contributed by atoms with Gasteiger partial charge in [-0.05, 0) is 40.5 Å². The summed E-state index contributed by atoms with van der Waals surface area (Å²) in [6.45, 7) is 0.0307. The average Bonchev–Trinajstić information content (AvgIpc) is 3.31. The molecule has 4 N–H and O–H groups in total. The number of fused-ring (bicyclic) bond motifs is 1. The molecule has 5 atom stereocenters. The van der Waals surface area contributed by atoms with Crippen molar-refractivity contribution < 1.29 is 53.3 Å². The zero-order valence-electron chi connectivity index (χ0n) is 32.9. The summed E-state index contributed by atoms with van der Waals surface area (Å²) < 4.78 is 43.7. The molecule has 6 aromatic carbocycles. The van der Waals surface area contributed by atoms with E-state index in [0.29, 0.717) is 22.8 Å². The van der Waals surface area contributed by atoms with Crippen molar-refractivity contribution in [1.82, 2.24) is 0 Å². The maximum absolute atomic E-state index is 15.0. The van der Waals surface area contributed by atoms with E-state index in [-0.39, 0.29) is 48.9 Å². The molecule has 0 amide bonds. The Hall–Kier alpha value is -6.67. The minimum absolute atomic E-state index is 0.00491. The molecule has 0 bridgehead atoms. The van der Waals surface area contributed by atoms with E-state index in [9.17, 15) is 25.2 Å². The minimum Gasteiger partial charge on any atom is -0.489 e. The van der Waals surface area contributed by atoms with Crippen LogP contribution in [0.4, 0.5) is 0 Å². The molecule has 7 aromatic rings. The predicted octanol–water partition coefficient (Wildman–Crippen LogP) is 6.95. The van der Waals surface area contributed by atoms with Crippen molar-refractivity contribution in [2.24, 2.45) is 0 Å². The normalized spacial score (nSPS) is 18.7. The topological polar surface area (TPSA) is 167 Å². The zero-order valence-corrected chi connectivity index (χ0v) is 32.9. The van der Waals surface area contributed by atoms with Gasteiger partial charge in [-0.25, -0.2) is 0 Å². The number of hydrogen-bond acceptors (Lipinski definition) is 12. The number of aliphatic hydroxyl groups is 4. The van der Waals surface area contributed by atoms with Gasteiger partial charge < -0.3 is 53.3 Å². The van der Waals surface area contributed by atoms with Gasteiger partial charge >= 0.3 is 0 Å². The molecular weight excluding hydrogens is 781 g/mol. The van der Waals surface area contributed by atoms with Crippen LogP contribution in [0.25, 0.3) is 22.3 Å². The lowest BCUT2D eigenvalue weighted by atomic mass is 9.99. The molecule has 12 nitrogen and oxygen atoms in total. The van der Waals surface area contributed by atoms with Crippen molar-refractivity contribution in [2.45, 2.75) is 57.1 Å². The lowest BCUT2D eigenvalue weighted by Crippen LogP contribution is -2.60. The van der Waals surface area contributed by atoms with Crippen LogP contribution in [0.5, 0.6) is 28.7 Å². The van der Waals surface area contributed by atoms with Gasteiger partial charge in [-0.1, -0.05) is 121 Å². The minimum atomic E-state index is -1.83. The Morgan fingerprint density at radius 3 is 1.57 bits per heavy atom. The van der Waals surface area contributed by atoms with E-state index in [0.717, 1.165) is 22.3 Å². The number of ether oxygens (including phenoxy) is 6. The molecule has 12 heteroatoms. The molecule has 1 aliphatic heterocycles. The van der Waals surface area contributed by atoms with E-state index >= 15 is 0 Å². The monoisotopic (exact) mass is 824 g/mol. The standard InChI is InChI=1S/C49H44O12/c50-26-41-43(51)45(53)46(54)49(60-41)61-48-44(52)42-39(58-30-34-19-11-4-12-20-34)24-36(55-27-31-13-5-1-6-14-31)25-40(42)59-47(48)35-21-22-37(56-28-32-15-7-2-8-16-32)38(23-35)57-29-33-17-9-3-10-18-33/h1-25,41,43,45-46,49-51,53-54H,26-30H2. The zero-order chi connectivity index (χ0) is 42.1. The molecule has 61 heavy (non-hydrogen) atoms. The second kappa shape index (κ2) is 19.1. The molecule has 2 heterocycles. The Labute approximate surface area is 351 Å². The van der Waals surface area contributed by atoms with Gasteiger partial charge in [0, 0.05) is 17.7 Å². The summed E-state index contributed by atoms with van der Waals surface area (Å²) in [7, 11) is 0. The highest BCUT2D eigenvalue weighted by Crippen LogP contribution is 2.41. The van der Waals surface area contributed by atoms with Crippen LogP contribution >= 0.6 is 0 Å². The van der Waals surface area contributed by atoms with Crippen LogP contribution in [0.3, 0.4) is 0 Å². The fourth-order valence-electron chi connectivity index (χ4n) is 6.85. The van der Waals surface area contributed by atoms with Gasteiger partial charge in [-0.15, -0.1) is 0 Å². The van der Waals surface area contributed by atoms with Gasteiger partial charge in [0.25, 0.3) is 0 Å². The van der Waals surface area contributed by atoms with Crippen molar-refractivity contribution in [3.63, 3.8) is 0 Å². The quantitative estimate of drug-likeness (QED) is 0.0793. The first-order chi connectivity index (χ1) is 29.8. The second-order valence-corrected chi connectivity index (χ2v) is 14.5. The van der Waals surface area contributed by atoms with E-state index in [1.54, 1.807) is 30.3 Å². The van der Waals surface area contributed by atoms with Crippen LogP contribution in [0.2, 0.25) is 0 Å². The van der Waals surface area contributed by atoms with Gasteiger partial charge in [-0.3, -0.25) is 4.79 Å². The van der Waals surface area contributed by atoms with Crippen molar-refractivity contribution in [3.8, 4) is 40.1 Å². The van der Waals surface area contributed by atoms with Crippen molar-refractivity contribution >= 4 is 11.0 Å². The summed E-state index contributed by atoms with van der Waals surface area (Å²) in [6.07, 6.45) is -8.30. The van der Waals surface area contributed by atoms with Gasteiger partial charge in [0.05, 0.1) is 6.61 Å². The summed E-state index contributed by atoms with van der Waals surface area (Å²) >= 11 is 0. The Kier molecular flexibility index (Phi) is 12.9. The van der Waals surface area contributed by atoms with Crippen molar-refractivity contribution in [1.29, 1.82) is 0 Å². The fourth-order valence-corrected chi connectivity index (χ4v) is 6.85. The molecule has 1 aromatic heterocycles. The first-order valence-electron chi connectivity index (χ1n) is 19.8. The van der Waals surface area contributed by atoms with Gasteiger partial charge in [0.1, 0.15) is 73.3 Å². The van der Waals surface area contributed by atoms with Crippen molar-refractivity contribution in [2.75, 3.05) is 6.61 Å². The maximum atomic E-state index is 15.0. The number of rotatable bonds is 16. The summed E-state index contributed by atoms with van der Waals surface area (Å²) in [4.78, 5) is 15.0. The average molecular weight is 825 g/mol. The molecule has 312 valence electrons. The maximum Gasteiger partial charge on any atom is 0.239 e. The lowest BCUT2D eigenvalue weighted by Gasteiger charge is -2.39. The molecule has 5 unspecified atom stereocenters. The lowest BCUT2D eigenvalue weighted by molar-refractivity contribution is -0.277. The van der Waals surface area contributed by atoms with E-state index in [2.05, 4.69) is 0 Å². The SMILES string of the molecule is O=c1c(OC2OC(CO)C(O)C(O)C2O)c(-c2ccc(OCc3ccccc3)c(OCc3ccccc3)c2)oc2cc(OCc3ccccc3)cc(OCc3ccccc3)c12. The Bertz CT molecular complexity index is 2570. The summed E-state index contributed by atoms with van der Waals surface area (Å²) in [5.41, 5.74) is 3.29. The Morgan fingerprint density at radius 2 is 1.03 bits per heavy atom. The van der Waals surface area contributed by atoms with Crippen LogP contribution in [-0.4, -0.2) is 57.7 Å². The van der Waals surface area contributed by atoms with Crippen molar-refractivity contribution in [3.05, 3.63) is 184 Å². The van der Waals surface area contributed by atoms with Crippen LogP contribution in [0.15, 0.2) is 161 Å². The fraction of sp³-hybridized carbons (Fsp3) is 0.204. The van der Waals surface area contributed by atoms with Crippen LogP contribution in [0, 0.1) is 0 Å². The highest BCUT2D eigenvalue weighted by Gasteiger charge is 2.45. The molecule has 1 aliphatic rings. The van der Waals surface area contributed by atoms with Gasteiger partial charge in [-0.2, -0.15) is 0 Å². The number of aliphatic hydroxyl groups excluding tert-OH is 4. The van der Waals surface area contributed by atoms with Gasteiger partial charge in [0.15, 0.2) is 17.3 Å². The Morgan fingerprint density at radius 1 is 0.525 bits per heavy atom. The molecular formula is C49H44O12. The van der Waals surface area contributed by atoms with E-state index in [1.807, 2.05) is 121 Å². The number of benzene rings is 6. The summed E-state index contributed by atoms with van der Waals surface area (Å²) in [5, 5.41) is 42.2. The van der Waals surface area contributed by atoms with E-state index < -0.39 is 48.5 Å². The van der Waals surface area contributed by atoms with Crippen LogP contribution < -0.4 is 29.1 Å². The largest absolute Gasteiger partial charge is 0.489 e. The molecule has 0 saturated carbocycles. The highest BCUT2D eigenvalue weighted by molar-refractivity contribution is 5.89. The van der Waals surface area contributed by atoms with Crippen LogP contribution in [-0.2, 0) is 31.2 Å². The molecule has 0 aliphatic carbocycles. The highest BCUT2D eigenvalue weighted by atomic mass is 16.7. The smallest absolute Gasteiger partial charge is 0.239 e. The Balaban J connectivity index is 1.26. The first kappa shape index (κ1) is 41.1. The summed E-state index contributed by atoms with van der Waals surface area (Å²) in [5.74, 6) is 0.712. The predicted molar refractivity (Wildman–Crippen MR) is 225 cm³/mol. The van der Waals surface area contributed by atoms with E-state index in [1.165, 1.54) is 0 Å². The third-order valence-corrected chi connectivity index (χ3v) is 10.1. The second-order valence-electron chi connectivity index (χ2n) is 14.5. The molecule has 1 saturated heterocycles. The third kappa shape index (κ3) is 9.70. The van der Waals surface area contributed by atoms with Gasteiger partial charge in [0.2, 0.25) is 17.5 Å². The first-order valence-corrected chi connectivity index (χ1v) is 19.8. The molecule has 1 fully saturated rings. The third-order valence-electron chi connectivity index (χ3n) is 10.1. The number of hydrogen-bond donors (Lipinski definition) is 4. The summed E-state index contributed by atoms with van der Waals surface area (Å²) in [6, 6.07) is 46.4.